The lowest BCUT2D eigenvalue weighted by molar-refractivity contribution is 0.112. The van der Waals surface area contributed by atoms with Gasteiger partial charge in [0.1, 0.15) is 0 Å². The third-order valence-corrected chi connectivity index (χ3v) is 3.90. The molecule has 2 aliphatic carbocycles. The topological polar surface area (TPSA) is 56.1 Å². The lowest BCUT2D eigenvalue weighted by Crippen LogP contribution is -2.43. The van der Waals surface area contributed by atoms with Crippen LogP contribution < -0.4 is 11.1 Å². The highest BCUT2D eigenvalue weighted by molar-refractivity contribution is 4.84. The second kappa shape index (κ2) is 5.28. The van der Waals surface area contributed by atoms with Gasteiger partial charge in [-0.3, -0.25) is 5.73 Å². The molecule has 0 bridgehead atoms. The molecule has 0 spiro atoms. The molecule has 3 heteroatoms. The van der Waals surface area contributed by atoms with E-state index in [9.17, 15) is 5.11 Å². The summed E-state index contributed by atoms with van der Waals surface area (Å²) in [5, 5.41) is 13.1. The first-order valence-electron chi connectivity index (χ1n) is 6.39. The van der Waals surface area contributed by atoms with Gasteiger partial charge in [0.15, 0.2) is 0 Å². The normalized spacial score (nSPS) is 42.8. The van der Waals surface area contributed by atoms with Gasteiger partial charge in [0.05, 0.1) is 6.10 Å². The zero-order valence-corrected chi connectivity index (χ0v) is 9.41. The molecular weight excluding hydrogens is 188 g/mol. The Balaban J connectivity index is 1.68. The van der Waals surface area contributed by atoms with Gasteiger partial charge in [0, 0.05) is 18.1 Å². The van der Waals surface area contributed by atoms with Gasteiger partial charge in [-0.25, -0.2) is 0 Å². The summed E-state index contributed by atoms with van der Waals surface area (Å²) < 4.78 is 0. The minimum Gasteiger partial charge on any atom is -0.393 e. The Hall–Kier alpha value is -0.120. The Labute approximate surface area is 92.4 Å². The molecule has 1 radical (unpaired) electrons. The zero-order chi connectivity index (χ0) is 10.7. The third-order valence-electron chi connectivity index (χ3n) is 3.90. The highest BCUT2D eigenvalue weighted by Gasteiger charge is 2.24. The van der Waals surface area contributed by atoms with Crippen LogP contribution in [0, 0.1) is 0 Å². The van der Waals surface area contributed by atoms with Crippen LogP contribution in [0.3, 0.4) is 0 Å². The average Bonchev–Trinajstić information content (AvgIpc) is 2.25. The molecule has 0 amide bonds. The molecule has 0 aromatic rings. The molecule has 0 aromatic carbocycles. The number of rotatable bonds is 2. The first kappa shape index (κ1) is 11.4. The molecular formula is C12H23N2O. The SMILES string of the molecule is [NH]C1CCC(N[C@H]2CC[C@H](O)CC2)CC1. The van der Waals surface area contributed by atoms with E-state index in [2.05, 4.69) is 5.32 Å². The highest BCUT2D eigenvalue weighted by Crippen LogP contribution is 2.23. The Morgan fingerprint density at radius 3 is 1.80 bits per heavy atom. The summed E-state index contributed by atoms with van der Waals surface area (Å²) in [6.45, 7) is 0. The quantitative estimate of drug-likeness (QED) is 0.727. The van der Waals surface area contributed by atoms with E-state index in [1.54, 1.807) is 0 Å². The van der Waals surface area contributed by atoms with Gasteiger partial charge in [-0.2, -0.15) is 0 Å². The fourth-order valence-corrected chi connectivity index (χ4v) is 2.84. The summed E-state index contributed by atoms with van der Waals surface area (Å²) >= 11 is 0. The van der Waals surface area contributed by atoms with Gasteiger partial charge in [0.2, 0.25) is 0 Å². The minimum absolute atomic E-state index is 0.0490. The largest absolute Gasteiger partial charge is 0.393 e. The average molecular weight is 211 g/mol. The Morgan fingerprint density at radius 2 is 1.27 bits per heavy atom. The lowest BCUT2D eigenvalue weighted by Gasteiger charge is -2.33. The fourth-order valence-electron chi connectivity index (χ4n) is 2.84. The van der Waals surface area contributed by atoms with E-state index in [0.29, 0.717) is 12.1 Å². The van der Waals surface area contributed by atoms with E-state index in [0.717, 1.165) is 38.5 Å². The summed E-state index contributed by atoms with van der Waals surface area (Å²) in [6.07, 6.45) is 8.61. The summed E-state index contributed by atoms with van der Waals surface area (Å²) in [5.74, 6) is 0. The lowest BCUT2D eigenvalue weighted by atomic mass is 9.88. The van der Waals surface area contributed by atoms with Crippen molar-refractivity contribution in [3.05, 3.63) is 0 Å². The van der Waals surface area contributed by atoms with E-state index in [4.69, 9.17) is 5.73 Å². The molecule has 0 aromatic heterocycles. The third kappa shape index (κ3) is 3.44. The Bertz CT molecular complexity index is 162. The Morgan fingerprint density at radius 1 is 0.800 bits per heavy atom. The molecule has 15 heavy (non-hydrogen) atoms. The molecule has 0 saturated heterocycles. The number of aliphatic hydroxyl groups excluding tert-OH is 1. The predicted octanol–water partition coefficient (Wildman–Crippen LogP) is 1.47. The van der Waals surface area contributed by atoms with Crippen molar-refractivity contribution in [1.29, 1.82) is 0 Å². The van der Waals surface area contributed by atoms with Crippen LogP contribution in [0.2, 0.25) is 0 Å². The molecule has 0 atom stereocenters. The van der Waals surface area contributed by atoms with Crippen molar-refractivity contribution in [2.24, 2.45) is 0 Å². The molecule has 0 heterocycles. The van der Waals surface area contributed by atoms with Gasteiger partial charge in [-0.15, -0.1) is 0 Å². The van der Waals surface area contributed by atoms with Gasteiger partial charge < -0.3 is 10.4 Å². The first-order valence-corrected chi connectivity index (χ1v) is 6.39. The number of nitrogens with one attached hydrogen (secondary N) is 2. The van der Waals surface area contributed by atoms with Crippen molar-refractivity contribution in [2.45, 2.75) is 75.6 Å². The van der Waals surface area contributed by atoms with Crippen LogP contribution in [0.5, 0.6) is 0 Å². The zero-order valence-electron chi connectivity index (χ0n) is 9.41. The van der Waals surface area contributed by atoms with Crippen molar-refractivity contribution < 1.29 is 5.11 Å². The molecule has 2 rings (SSSR count). The van der Waals surface area contributed by atoms with Crippen LogP contribution in [-0.4, -0.2) is 29.3 Å². The maximum Gasteiger partial charge on any atom is 0.0541 e. The van der Waals surface area contributed by atoms with E-state index in [1.807, 2.05) is 0 Å². The summed E-state index contributed by atoms with van der Waals surface area (Å²) in [6, 6.07) is 1.46. The van der Waals surface area contributed by atoms with Crippen molar-refractivity contribution in [3.63, 3.8) is 0 Å². The molecule has 3 nitrogen and oxygen atoms in total. The second-order valence-corrected chi connectivity index (χ2v) is 5.22. The number of aliphatic hydroxyl groups is 1. The predicted molar refractivity (Wildman–Crippen MR) is 60.5 cm³/mol. The van der Waals surface area contributed by atoms with E-state index < -0.39 is 0 Å². The van der Waals surface area contributed by atoms with Crippen molar-refractivity contribution in [1.82, 2.24) is 11.1 Å². The molecule has 87 valence electrons. The smallest absolute Gasteiger partial charge is 0.0541 e. The van der Waals surface area contributed by atoms with Gasteiger partial charge in [-0.1, -0.05) is 0 Å². The van der Waals surface area contributed by atoms with E-state index in [-0.39, 0.29) is 12.1 Å². The van der Waals surface area contributed by atoms with Crippen LogP contribution in [0.15, 0.2) is 0 Å². The van der Waals surface area contributed by atoms with E-state index >= 15 is 0 Å². The molecule has 0 aliphatic heterocycles. The number of hydrogen-bond acceptors (Lipinski definition) is 2. The molecule has 2 fully saturated rings. The van der Waals surface area contributed by atoms with Crippen molar-refractivity contribution in [2.75, 3.05) is 0 Å². The van der Waals surface area contributed by atoms with Crippen LogP contribution in [0.25, 0.3) is 0 Å². The van der Waals surface area contributed by atoms with Crippen molar-refractivity contribution >= 4 is 0 Å². The minimum atomic E-state index is -0.0490. The fraction of sp³-hybridized carbons (Fsp3) is 1.00. The van der Waals surface area contributed by atoms with Crippen LogP contribution in [0.1, 0.15) is 51.4 Å². The Kier molecular flexibility index (Phi) is 4.00. The highest BCUT2D eigenvalue weighted by atomic mass is 16.3. The van der Waals surface area contributed by atoms with Gasteiger partial charge in [-0.05, 0) is 51.4 Å². The first-order chi connectivity index (χ1) is 7.24. The standard InChI is InChI=1S/C12H23N2O/c13-9-1-3-10(4-2-9)14-11-5-7-12(15)8-6-11/h9-15H,1-8H2/t9?,10?,11-,12-. The second-order valence-electron chi connectivity index (χ2n) is 5.22. The summed E-state index contributed by atoms with van der Waals surface area (Å²) in [5.41, 5.74) is 7.65. The number of hydrogen-bond donors (Lipinski definition) is 2. The van der Waals surface area contributed by atoms with Gasteiger partial charge >= 0.3 is 0 Å². The maximum absolute atomic E-state index is 9.41. The molecule has 3 N–H and O–H groups in total. The van der Waals surface area contributed by atoms with Crippen LogP contribution in [-0.2, 0) is 0 Å². The molecule has 0 unspecified atom stereocenters. The molecule has 2 aliphatic rings. The summed E-state index contributed by atoms with van der Waals surface area (Å²) in [7, 11) is 0. The van der Waals surface area contributed by atoms with Gasteiger partial charge in [0.25, 0.3) is 0 Å². The molecule has 2 saturated carbocycles. The van der Waals surface area contributed by atoms with Crippen LogP contribution in [0.4, 0.5) is 0 Å². The van der Waals surface area contributed by atoms with Crippen molar-refractivity contribution in [3.8, 4) is 0 Å². The summed E-state index contributed by atoms with van der Waals surface area (Å²) in [4.78, 5) is 0. The monoisotopic (exact) mass is 211 g/mol. The van der Waals surface area contributed by atoms with E-state index in [1.165, 1.54) is 12.8 Å². The maximum atomic E-state index is 9.41. The van der Waals surface area contributed by atoms with Crippen LogP contribution >= 0.6 is 0 Å².